The number of hydrogen-bond donors (Lipinski definition) is 2. The number of benzene rings is 8. The molecule has 1 aliphatic rings. The molecule has 0 saturated heterocycles. The van der Waals surface area contributed by atoms with Crippen molar-refractivity contribution in [3.8, 4) is 33.8 Å². The molecule has 10 heteroatoms. The van der Waals surface area contributed by atoms with Gasteiger partial charge in [0.25, 0.3) is 11.8 Å². The Kier molecular flexibility index (Phi) is 31.1. The van der Waals surface area contributed by atoms with Crippen LogP contribution in [0, 0.1) is 11.8 Å². The van der Waals surface area contributed by atoms with Crippen LogP contribution in [0.15, 0.2) is 158 Å². The first-order chi connectivity index (χ1) is 50.6. The highest BCUT2D eigenvalue weighted by molar-refractivity contribution is 6.35. The molecule has 0 fully saturated rings. The molecule has 9 rings (SSSR count). The first-order valence-electron chi connectivity index (χ1n) is 39.7. The van der Waals surface area contributed by atoms with E-state index in [-0.39, 0.29) is 80.9 Å². The Bertz CT molecular complexity index is 3840. The summed E-state index contributed by atoms with van der Waals surface area (Å²) in [7, 11) is 0. The molecule has 0 atom stereocenters. The zero-order valence-corrected chi connectivity index (χ0v) is 63.6. The summed E-state index contributed by atoms with van der Waals surface area (Å²) in [6, 6.07) is 49.5. The fraction of sp³-hybridized carbons (Fsp3) is 0.426. The quantitative estimate of drug-likeness (QED) is 0.0219. The first kappa shape index (κ1) is 79.1. The third-order valence-corrected chi connectivity index (χ3v) is 20.3. The highest BCUT2D eigenvalue weighted by Crippen LogP contribution is 2.48. The molecule has 1 aliphatic carbocycles. The lowest BCUT2D eigenvalue weighted by atomic mass is 9.78. The predicted octanol–water partition coefficient (Wildman–Crippen LogP) is 24.7. The van der Waals surface area contributed by atoms with Gasteiger partial charge in [-0.25, -0.2) is 9.59 Å². The monoisotopic (exact) mass is 1400 g/mol. The number of ketones is 2. The second kappa shape index (κ2) is 40.9. The van der Waals surface area contributed by atoms with Crippen LogP contribution in [0.5, 0.6) is 11.5 Å². The summed E-state index contributed by atoms with van der Waals surface area (Å²) < 4.78 is 13.1. The van der Waals surface area contributed by atoms with Gasteiger partial charge in [0, 0.05) is 11.1 Å². The maximum atomic E-state index is 16.7. The number of ether oxygens (including phenoxy) is 2. The van der Waals surface area contributed by atoms with Gasteiger partial charge in [0.2, 0.25) is 5.78 Å². The molecule has 0 radical (unpaired) electrons. The molecule has 0 heterocycles. The van der Waals surface area contributed by atoms with Gasteiger partial charge in [0.05, 0.1) is 44.8 Å². The number of amides is 2. The Labute approximate surface area is 621 Å². The van der Waals surface area contributed by atoms with E-state index in [1.165, 1.54) is 127 Å². The second-order valence-electron chi connectivity index (χ2n) is 29.9. The van der Waals surface area contributed by atoms with Crippen molar-refractivity contribution in [3.05, 3.63) is 236 Å². The maximum Gasteiger partial charge on any atom is 0.343 e. The van der Waals surface area contributed by atoms with Crippen LogP contribution >= 0.6 is 0 Å². The fourth-order valence-corrected chi connectivity index (χ4v) is 14.3. The number of carbonyl (C=O) groups is 6. The van der Waals surface area contributed by atoms with E-state index < -0.39 is 35.3 Å². The Hall–Kier alpha value is -9.02. The number of rotatable bonds is 42. The molecule has 0 unspecified atom stereocenters. The fourth-order valence-electron chi connectivity index (χ4n) is 14.3. The van der Waals surface area contributed by atoms with E-state index in [0.29, 0.717) is 22.3 Å². The third kappa shape index (κ3) is 22.5. The highest BCUT2D eigenvalue weighted by atomic mass is 16.5. The number of unbranched alkanes of at least 4 members (excludes halogenated alkanes) is 20. The summed E-state index contributed by atoms with van der Waals surface area (Å²) >= 11 is 0. The van der Waals surface area contributed by atoms with Gasteiger partial charge in [-0.05, 0) is 192 Å². The smallest absolute Gasteiger partial charge is 0.343 e. The molecule has 10 nitrogen and oxygen atoms in total. The van der Waals surface area contributed by atoms with Crippen molar-refractivity contribution in [2.45, 2.75) is 248 Å². The Morgan fingerprint density at radius 1 is 0.308 bits per heavy atom. The van der Waals surface area contributed by atoms with Crippen molar-refractivity contribution in [2.75, 3.05) is 10.6 Å². The maximum absolute atomic E-state index is 16.7. The molecule has 0 saturated carbocycles. The average molecular weight is 1400 g/mol. The van der Waals surface area contributed by atoms with E-state index in [1.54, 1.807) is 60.7 Å². The molecule has 2 N–H and O–H groups in total. The van der Waals surface area contributed by atoms with E-state index in [2.05, 4.69) is 86.9 Å². The number of hydrogen-bond acceptors (Lipinski definition) is 8. The largest absolute Gasteiger partial charge is 0.422 e. The van der Waals surface area contributed by atoms with Crippen molar-refractivity contribution in [3.63, 3.8) is 0 Å². The topological polar surface area (TPSA) is 145 Å². The third-order valence-electron chi connectivity index (χ3n) is 20.3. The van der Waals surface area contributed by atoms with Gasteiger partial charge in [-0.2, -0.15) is 0 Å². The Balaban J connectivity index is 1.12. The van der Waals surface area contributed by atoms with Crippen molar-refractivity contribution in [1.29, 1.82) is 0 Å². The lowest BCUT2D eigenvalue weighted by molar-refractivity contribution is 0.0724. The standard InChI is InChI=1S/C94H114N2O8/c1-9-13-17-21-25-29-33-67-37-45-71(46-38-67)73-53-57-75(58-54-73)91(99)95-81-63-79(61-65(5)6)89(103-93(101)77-49-41-69(42-50-77)35-31-27-23-19-15-11-3)85-83(81)87(97)84-82(96-92(100)76-59-55-74(56-60-76)72-47-39-68(40-48-72)34-30-26-22-18-14-10-2)64-80(62-66(7)8)90(86(84)88(85)98)104-94(102)78-51-43-70(44-52-78)36-32-28-24-20-16-12-4/h37-60,63-66H,9-36,61-62H2,1-8H3,(H,95,99)(H,96,100). The van der Waals surface area contributed by atoms with E-state index >= 15 is 9.59 Å². The van der Waals surface area contributed by atoms with Crippen LogP contribution in [0.2, 0.25) is 0 Å². The zero-order valence-electron chi connectivity index (χ0n) is 63.6. The van der Waals surface area contributed by atoms with Gasteiger partial charge < -0.3 is 20.1 Å². The molecule has 0 spiro atoms. The molecular weight excluding hydrogens is 1290 g/mol. The number of nitrogens with one attached hydrogen (secondary N) is 2. The SMILES string of the molecule is CCCCCCCCc1ccc(C(=O)Oc2c(CC(C)C)cc(NC(=O)c3ccc(-c4ccc(CCCCCCCC)cc4)cc3)c3c2C(=O)c2c(OC(=O)c4ccc(CCCCCCCC)cc4)c(CC(C)C)cc(NC(=O)c4ccc(-c5ccc(CCCCCCCC)cc5)cc4)c2C3=O)cc1. The molecule has 0 aliphatic heterocycles. The number of aryl methyl sites for hydroxylation is 4. The van der Waals surface area contributed by atoms with Crippen LogP contribution in [-0.2, 0) is 38.5 Å². The average Bonchev–Trinajstić information content (AvgIpc) is 0.714. The molecule has 8 aromatic rings. The minimum absolute atomic E-state index is 0.00248. The lowest BCUT2D eigenvalue weighted by Crippen LogP contribution is -2.30. The van der Waals surface area contributed by atoms with Crippen LogP contribution in [0.4, 0.5) is 11.4 Å². The van der Waals surface area contributed by atoms with Gasteiger partial charge in [-0.1, -0.05) is 281 Å². The number of carbonyl (C=O) groups excluding carboxylic acids is 6. The van der Waals surface area contributed by atoms with Gasteiger partial charge in [0.1, 0.15) is 11.5 Å². The van der Waals surface area contributed by atoms with Crippen LogP contribution in [-0.4, -0.2) is 35.3 Å². The van der Waals surface area contributed by atoms with Crippen LogP contribution < -0.4 is 20.1 Å². The molecule has 0 aromatic heterocycles. The van der Waals surface area contributed by atoms with Gasteiger partial charge >= 0.3 is 11.9 Å². The number of anilines is 2. The Morgan fingerprint density at radius 3 is 0.827 bits per heavy atom. The van der Waals surface area contributed by atoms with Crippen LogP contribution in [0.25, 0.3) is 22.3 Å². The summed E-state index contributed by atoms with van der Waals surface area (Å²) in [5.41, 5.74) is 9.38. The predicted molar refractivity (Wildman–Crippen MR) is 428 cm³/mol. The summed E-state index contributed by atoms with van der Waals surface area (Å²) in [5.74, 6) is -4.65. The van der Waals surface area contributed by atoms with Crippen molar-refractivity contribution >= 4 is 46.7 Å². The number of fused-ring (bicyclic) bond motifs is 2. The molecule has 0 bridgehead atoms. The summed E-state index contributed by atoms with van der Waals surface area (Å²) in [6.07, 6.45) is 32.9. The molecule has 2 amide bonds. The van der Waals surface area contributed by atoms with Gasteiger partial charge in [-0.15, -0.1) is 0 Å². The second-order valence-corrected chi connectivity index (χ2v) is 29.9. The number of esters is 2. The highest BCUT2D eigenvalue weighted by Gasteiger charge is 2.43. The molecular formula is C94H114N2O8. The molecule has 104 heavy (non-hydrogen) atoms. The normalized spacial score (nSPS) is 11.8. The van der Waals surface area contributed by atoms with Crippen molar-refractivity contribution in [2.24, 2.45) is 11.8 Å². The van der Waals surface area contributed by atoms with E-state index in [9.17, 15) is 19.2 Å². The van der Waals surface area contributed by atoms with E-state index in [4.69, 9.17) is 9.47 Å². The summed E-state index contributed by atoms with van der Waals surface area (Å²) in [5, 5.41) is 6.13. The van der Waals surface area contributed by atoms with Gasteiger partial charge in [-0.3, -0.25) is 19.2 Å². The molecule has 8 aromatic carbocycles. The minimum atomic E-state index is -0.796. The van der Waals surface area contributed by atoms with Crippen LogP contribution in [0.1, 0.15) is 316 Å². The summed E-state index contributed by atoms with van der Waals surface area (Å²) in [6.45, 7) is 16.9. The zero-order chi connectivity index (χ0) is 73.7. The van der Waals surface area contributed by atoms with E-state index in [0.717, 1.165) is 97.6 Å². The van der Waals surface area contributed by atoms with Crippen LogP contribution in [0.3, 0.4) is 0 Å². The minimum Gasteiger partial charge on any atom is -0.422 e. The Morgan fingerprint density at radius 2 is 0.548 bits per heavy atom. The van der Waals surface area contributed by atoms with E-state index in [1.807, 2.05) is 76.2 Å². The van der Waals surface area contributed by atoms with Crippen molar-refractivity contribution < 1.29 is 38.2 Å². The molecule has 548 valence electrons. The van der Waals surface area contributed by atoms with Gasteiger partial charge in [0.15, 0.2) is 5.78 Å². The lowest BCUT2D eigenvalue weighted by Gasteiger charge is -2.29. The summed E-state index contributed by atoms with van der Waals surface area (Å²) in [4.78, 5) is 93.0. The van der Waals surface area contributed by atoms with Crippen molar-refractivity contribution in [1.82, 2.24) is 0 Å². The first-order valence-corrected chi connectivity index (χ1v) is 39.7.